The number of para-hydroxylation sites is 2. The van der Waals surface area contributed by atoms with E-state index >= 15 is 0 Å². The van der Waals surface area contributed by atoms with Crippen molar-refractivity contribution in [3.8, 4) is 10.6 Å². The molecule has 0 unspecified atom stereocenters. The molecule has 0 aliphatic carbocycles. The van der Waals surface area contributed by atoms with E-state index in [1.54, 1.807) is 29.5 Å². The molecular weight excluding hydrogens is 386 g/mol. The van der Waals surface area contributed by atoms with E-state index in [1.807, 2.05) is 48.5 Å². The molecule has 0 saturated carbocycles. The molecule has 4 aromatic rings. The highest BCUT2D eigenvalue weighted by Crippen LogP contribution is 2.34. The van der Waals surface area contributed by atoms with Crippen molar-refractivity contribution in [1.82, 2.24) is 4.98 Å². The van der Waals surface area contributed by atoms with E-state index in [2.05, 4.69) is 10.3 Å². The lowest BCUT2D eigenvalue weighted by Crippen LogP contribution is -2.08. The summed E-state index contributed by atoms with van der Waals surface area (Å²) < 4.78 is 1.08. The number of hydrogen-bond donors (Lipinski definition) is 1. The van der Waals surface area contributed by atoms with Crippen LogP contribution in [0.4, 0.5) is 11.4 Å². The highest BCUT2D eigenvalue weighted by Gasteiger charge is 2.11. The quantitative estimate of drug-likeness (QED) is 0.271. The van der Waals surface area contributed by atoms with Crippen LogP contribution in [0.5, 0.6) is 0 Å². The summed E-state index contributed by atoms with van der Waals surface area (Å²) in [4.78, 5) is 27.5. The SMILES string of the molecule is O=C(C=Cc1cccc([N+](=O)[O-])c1)Nc1ccccc1-c1nc2ccccc2s1. The van der Waals surface area contributed by atoms with Gasteiger partial charge in [0.25, 0.3) is 5.69 Å². The Morgan fingerprint density at radius 1 is 1.03 bits per heavy atom. The van der Waals surface area contributed by atoms with Crippen molar-refractivity contribution in [2.24, 2.45) is 0 Å². The topological polar surface area (TPSA) is 85.1 Å². The Kier molecular flexibility index (Phi) is 5.13. The molecule has 142 valence electrons. The first-order valence-electron chi connectivity index (χ1n) is 8.79. The third kappa shape index (κ3) is 4.20. The molecule has 0 spiro atoms. The summed E-state index contributed by atoms with van der Waals surface area (Å²) in [6.45, 7) is 0. The second-order valence-corrected chi connectivity index (χ2v) is 7.24. The van der Waals surface area contributed by atoms with Crippen molar-refractivity contribution in [3.05, 3.63) is 94.6 Å². The van der Waals surface area contributed by atoms with Crippen LogP contribution in [0.3, 0.4) is 0 Å². The molecule has 1 heterocycles. The summed E-state index contributed by atoms with van der Waals surface area (Å²) in [5, 5.41) is 14.6. The molecule has 0 saturated heterocycles. The minimum Gasteiger partial charge on any atom is -0.322 e. The minimum atomic E-state index is -0.467. The normalized spacial score (nSPS) is 11.0. The monoisotopic (exact) mass is 401 g/mol. The van der Waals surface area contributed by atoms with Crippen LogP contribution in [0.15, 0.2) is 78.9 Å². The van der Waals surface area contributed by atoms with Gasteiger partial charge in [0.15, 0.2) is 0 Å². The molecular formula is C22H15N3O3S. The van der Waals surface area contributed by atoms with Gasteiger partial charge in [-0.3, -0.25) is 14.9 Å². The number of hydrogen-bond acceptors (Lipinski definition) is 5. The van der Waals surface area contributed by atoms with E-state index in [-0.39, 0.29) is 11.6 Å². The number of nitro benzene ring substituents is 1. The van der Waals surface area contributed by atoms with Crippen LogP contribution in [-0.2, 0) is 4.79 Å². The Labute approximate surface area is 170 Å². The van der Waals surface area contributed by atoms with Crippen molar-refractivity contribution in [2.75, 3.05) is 5.32 Å². The number of nitrogens with one attached hydrogen (secondary N) is 1. The van der Waals surface area contributed by atoms with Gasteiger partial charge in [-0.05, 0) is 35.9 Å². The van der Waals surface area contributed by atoms with Crippen molar-refractivity contribution in [3.63, 3.8) is 0 Å². The Balaban J connectivity index is 1.56. The molecule has 0 aliphatic heterocycles. The van der Waals surface area contributed by atoms with Gasteiger partial charge in [0, 0.05) is 23.8 Å². The van der Waals surface area contributed by atoms with E-state index in [0.717, 1.165) is 20.8 Å². The predicted molar refractivity (Wildman–Crippen MR) is 116 cm³/mol. The first-order valence-corrected chi connectivity index (χ1v) is 9.60. The molecule has 0 aliphatic rings. The van der Waals surface area contributed by atoms with E-state index in [0.29, 0.717) is 11.3 Å². The molecule has 0 bridgehead atoms. The van der Waals surface area contributed by atoms with Gasteiger partial charge in [-0.2, -0.15) is 0 Å². The van der Waals surface area contributed by atoms with Gasteiger partial charge in [-0.15, -0.1) is 11.3 Å². The van der Waals surface area contributed by atoms with E-state index in [1.165, 1.54) is 18.2 Å². The fraction of sp³-hybridized carbons (Fsp3) is 0. The largest absolute Gasteiger partial charge is 0.322 e. The van der Waals surface area contributed by atoms with Crippen molar-refractivity contribution in [2.45, 2.75) is 0 Å². The number of carbonyl (C=O) groups excluding carboxylic acids is 1. The highest BCUT2D eigenvalue weighted by atomic mass is 32.1. The molecule has 7 heteroatoms. The second-order valence-electron chi connectivity index (χ2n) is 6.21. The summed E-state index contributed by atoms with van der Waals surface area (Å²) in [5.74, 6) is -0.329. The number of fused-ring (bicyclic) bond motifs is 1. The van der Waals surface area contributed by atoms with Crippen LogP contribution in [0.2, 0.25) is 0 Å². The van der Waals surface area contributed by atoms with Gasteiger partial charge in [0.1, 0.15) is 5.01 Å². The van der Waals surface area contributed by atoms with Crippen LogP contribution in [0, 0.1) is 10.1 Å². The maximum Gasteiger partial charge on any atom is 0.270 e. The number of amides is 1. The third-order valence-corrected chi connectivity index (χ3v) is 5.29. The Hall–Kier alpha value is -3.84. The average molecular weight is 401 g/mol. The highest BCUT2D eigenvalue weighted by molar-refractivity contribution is 7.21. The Morgan fingerprint density at radius 2 is 1.83 bits per heavy atom. The van der Waals surface area contributed by atoms with Gasteiger partial charge in [-0.25, -0.2) is 4.98 Å². The van der Waals surface area contributed by atoms with E-state index in [9.17, 15) is 14.9 Å². The van der Waals surface area contributed by atoms with Crippen LogP contribution < -0.4 is 5.32 Å². The zero-order chi connectivity index (χ0) is 20.2. The molecule has 29 heavy (non-hydrogen) atoms. The van der Waals surface area contributed by atoms with Gasteiger partial charge in [0.2, 0.25) is 5.91 Å². The fourth-order valence-corrected chi connectivity index (χ4v) is 3.86. The van der Waals surface area contributed by atoms with Crippen molar-refractivity contribution in [1.29, 1.82) is 0 Å². The maximum atomic E-state index is 12.4. The minimum absolute atomic E-state index is 0.0197. The lowest BCUT2D eigenvalue weighted by Gasteiger charge is -2.07. The molecule has 0 atom stereocenters. The summed E-state index contributed by atoms with van der Waals surface area (Å²) in [7, 11) is 0. The van der Waals surface area contributed by atoms with Crippen LogP contribution in [-0.4, -0.2) is 15.8 Å². The zero-order valence-electron chi connectivity index (χ0n) is 15.1. The van der Waals surface area contributed by atoms with Crippen molar-refractivity contribution < 1.29 is 9.72 Å². The summed E-state index contributed by atoms with van der Waals surface area (Å²) in [6.07, 6.45) is 2.90. The fourth-order valence-electron chi connectivity index (χ4n) is 2.85. The van der Waals surface area contributed by atoms with E-state index < -0.39 is 4.92 Å². The number of nitro groups is 1. The molecule has 4 rings (SSSR count). The van der Waals surface area contributed by atoms with Crippen LogP contribution in [0.25, 0.3) is 26.9 Å². The first-order chi connectivity index (χ1) is 14.1. The maximum absolute atomic E-state index is 12.4. The van der Waals surface area contributed by atoms with Gasteiger partial charge < -0.3 is 5.32 Å². The Morgan fingerprint density at radius 3 is 2.66 bits per heavy atom. The summed E-state index contributed by atoms with van der Waals surface area (Å²) in [5.41, 5.74) is 2.97. The molecule has 6 nitrogen and oxygen atoms in total. The molecule has 1 N–H and O–H groups in total. The lowest BCUT2D eigenvalue weighted by atomic mass is 10.1. The van der Waals surface area contributed by atoms with Gasteiger partial charge in [0.05, 0.1) is 20.8 Å². The molecule has 1 amide bonds. The number of rotatable bonds is 5. The molecule has 0 radical (unpaired) electrons. The Bertz CT molecular complexity index is 1210. The van der Waals surface area contributed by atoms with Crippen molar-refractivity contribution >= 4 is 44.9 Å². The predicted octanol–water partition coefficient (Wildman–Crippen LogP) is 5.52. The first kappa shape index (κ1) is 18.5. The summed E-state index contributed by atoms with van der Waals surface area (Å²) >= 11 is 1.56. The number of benzene rings is 3. The second kappa shape index (κ2) is 8.04. The average Bonchev–Trinajstić information content (AvgIpc) is 3.17. The number of carbonyl (C=O) groups is 1. The standard InChI is InChI=1S/C22H15N3O3S/c26-21(13-12-15-6-5-7-16(14-15)25(27)28)23-18-9-2-1-8-17(18)22-24-19-10-3-4-11-20(19)29-22/h1-14H,(H,23,26). The summed E-state index contributed by atoms with van der Waals surface area (Å²) in [6, 6.07) is 21.5. The molecule has 3 aromatic carbocycles. The third-order valence-electron chi connectivity index (χ3n) is 4.22. The smallest absolute Gasteiger partial charge is 0.270 e. The number of anilines is 1. The molecule has 1 aromatic heterocycles. The zero-order valence-corrected chi connectivity index (χ0v) is 15.9. The number of aromatic nitrogens is 1. The number of non-ortho nitro benzene ring substituents is 1. The molecule has 0 fully saturated rings. The van der Waals surface area contributed by atoms with Crippen LogP contribution in [0.1, 0.15) is 5.56 Å². The van der Waals surface area contributed by atoms with Gasteiger partial charge >= 0.3 is 0 Å². The van der Waals surface area contributed by atoms with Gasteiger partial charge in [-0.1, -0.05) is 36.4 Å². The number of thiazole rings is 1. The number of nitrogens with zero attached hydrogens (tertiary/aromatic N) is 2. The van der Waals surface area contributed by atoms with E-state index in [4.69, 9.17) is 0 Å². The van der Waals surface area contributed by atoms with Crippen LogP contribution >= 0.6 is 11.3 Å². The lowest BCUT2D eigenvalue weighted by molar-refractivity contribution is -0.384.